The molecule has 0 radical (unpaired) electrons. The predicted molar refractivity (Wildman–Crippen MR) is 129 cm³/mol. The van der Waals surface area contributed by atoms with Gasteiger partial charge in [0, 0.05) is 0 Å². The van der Waals surface area contributed by atoms with E-state index >= 15 is 0 Å². The van der Waals surface area contributed by atoms with E-state index in [1.165, 1.54) is 12.1 Å². The maximum atomic E-state index is 11.1. The topological polar surface area (TPSA) is 114 Å². The van der Waals surface area contributed by atoms with Crippen molar-refractivity contribution in [1.29, 1.82) is 0 Å². The van der Waals surface area contributed by atoms with Crippen LogP contribution in [-0.2, 0) is 20.2 Å². The van der Waals surface area contributed by atoms with Crippen molar-refractivity contribution in [1.82, 2.24) is 0 Å². The first-order valence-electron chi connectivity index (χ1n) is 9.71. The third kappa shape index (κ3) is 6.33. The van der Waals surface area contributed by atoms with Crippen molar-refractivity contribution in [3.8, 4) is 0 Å². The van der Waals surface area contributed by atoms with Crippen molar-refractivity contribution >= 4 is 79.5 Å². The summed E-state index contributed by atoms with van der Waals surface area (Å²) in [6, 6.07) is 16.7. The quantitative estimate of drug-likeness (QED) is 0.293. The molecule has 4 rings (SSSR count). The molecular formula is C24H22CaO6S2. The van der Waals surface area contributed by atoms with Crippen LogP contribution in [0.5, 0.6) is 0 Å². The number of hydrogen-bond donors (Lipinski definition) is 0. The fourth-order valence-electron chi connectivity index (χ4n) is 3.47. The van der Waals surface area contributed by atoms with Crippen molar-refractivity contribution in [2.24, 2.45) is 0 Å². The Labute approximate surface area is 224 Å². The third-order valence-electron chi connectivity index (χ3n) is 5.45. The standard InChI is InChI=1S/2C12H12O3S.Ca/c2*1-8-6-10-4-3-5-12(16(13,14)15)11(10)7-9(8)2;/h2*3-7H,1-2H3,(H,13,14,15);/q;;+2/p-2. The summed E-state index contributed by atoms with van der Waals surface area (Å²) in [5.74, 6) is 0. The average molecular weight is 511 g/mol. The van der Waals surface area contributed by atoms with Gasteiger partial charge in [0.05, 0.1) is 9.79 Å². The second-order valence-electron chi connectivity index (χ2n) is 7.74. The van der Waals surface area contributed by atoms with Crippen LogP contribution in [0.4, 0.5) is 0 Å². The van der Waals surface area contributed by atoms with Gasteiger partial charge in [-0.2, -0.15) is 0 Å². The molecule has 0 heterocycles. The van der Waals surface area contributed by atoms with Gasteiger partial charge in [-0.05, 0) is 95.8 Å². The maximum Gasteiger partial charge on any atom is 2.00 e. The van der Waals surface area contributed by atoms with E-state index < -0.39 is 20.2 Å². The number of benzene rings is 4. The second kappa shape index (κ2) is 10.4. The molecule has 0 saturated carbocycles. The summed E-state index contributed by atoms with van der Waals surface area (Å²) in [6.07, 6.45) is 0. The minimum Gasteiger partial charge on any atom is -0.744 e. The van der Waals surface area contributed by atoms with Crippen molar-refractivity contribution in [3.05, 3.63) is 82.9 Å². The zero-order chi connectivity index (χ0) is 23.8. The van der Waals surface area contributed by atoms with E-state index in [-0.39, 0.29) is 47.5 Å². The Balaban J connectivity index is 0.000000227. The molecule has 0 aliphatic heterocycles. The van der Waals surface area contributed by atoms with E-state index in [1.54, 1.807) is 36.4 Å². The van der Waals surface area contributed by atoms with Gasteiger partial charge in [0.25, 0.3) is 0 Å². The first-order valence-corrected chi connectivity index (χ1v) is 12.5. The molecule has 4 aromatic carbocycles. The average Bonchev–Trinajstić information content (AvgIpc) is 2.68. The molecule has 168 valence electrons. The normalized spacial score (nSPS) is 11.6. The third-order valence-corrected chi connectivity index (χ3v) is 7.24. The zero-order valence-corrected chi connectivity index (χ0v) is 22.6. The Hall–Kier alpha value is -1.52. The van der Waals surface area contributed by atoms with Crippen LogP contribution in [0, 0.1) is 27.7 Å². The minimum absolute atomic E-state index is 0. The van der Waals surface area contributed by atoms with Crippen molar-refractivity contribution in [3.63, 3.8) is 0 Å². The van der Waals surface area contributed by atoms with Crippen LogP contribution < -0.4 is 0 Å². The molecular weight excluding hydrogens is 488 g/mol. The molecule has 0 atom stereocenters. The summed E-state index contributed by atoms with van der Waals surface area (Å²) < 4.78 is 66.5. The molecule has 0 saturated heterocycles. The van der Waals surface area contributed by atoms with Crippen LogP contribution in [0.25, 0.3) is 21.5 Å². The van der Waals surface area contributed by atoms with Gasteiger partial charge in [-0.15, -0.1) is 0 Å². The van der Waals surface area contributed by atoms with Gasteiger partial charge < -0.3 is 9.11 Å². The number of aryl methyl sites for hydroxylation is 4. The van der Waals surface area contributed by atoms with Crippen LogP contribution in [0.15, 0.2) is 70.5 Å². The molecule has 0 bridgehead atoms. The molecule has 0 aliphatic rings. The van der Waals surface area contributed by atoms with E-state index in [0.29, 0.717) is 10.8 Å². The van der Waals surface area contributed by atoms with Gasteiger partial charge in [-0.25, -0.2) is 16.8 Å². The molecule has 0 spiro atoms. The number of hydrogen-bond acceptors (Lipinski definition) is 6. The summed E-state index contributed by atoms with van der Waals surface area (Å²) in [5, 5.41) is 2.56. The molecule has 33 heavy (non-hydrogen) atoms. The molecule has 0 fully saturated rings. The van der Waals surface area contributed by atoms with E-state index in [9.17, 15) is 25.9 Å². The molecule has 9 heteroatoms. The summed E-state index contributed by atoms with van der Waals surface area (Å²) in [5.41, 5.74) is 4.10. The minimum atomic E-state index is -4.41. The Bertz CT molecular complexity index is 1440. The molecule has 0 amide bonds. The van der Waals surface area contributed by atoms with Crippen molar-refractivity contribution < 1.29 is 25.9 Å². The summed E-state index contributed by atoms with van der Waals surface area (Å²) in [7, 11) is -8.82. The summed E-state index contributed by atoms with van der Waals surface area (Å²) in [4.78, 5) is -0.291. The van der Waals surface area contributed by atoms with Crippen LogP contribution in [0.3, 0.4) is 0 Å². The van der Waals surface area contributed by atoms with Gasteiger partial charge in [0.2, 0.25) is 0 Å². The largest absolute Gasteiger partial charge is 2.00 e. The first-order chi connectivity index (χ1) is 14.8. The number of fused-ring (bicyclic) bond motifs is 2. The zero-order valence-electron chi connectivity index (χ0n) is 18.7. The summed E-state index contributed by atoms with van der Waals surface area (Å²) in [6.45, 7) is 7.69. The van der Waals surface area contributed by atoms with Crippen LogP contribution >= 0.6 is 0 Å². The Morgan fingerprint density at radius 1 is 0.545 bits per heavy atom. The SMILES string of the molecule is Cc1cc2cccc(S(=O)(=O)[O-])c2cc1C.Cc1cc2cccc(S(=O)(=O)[O-])c2cc1C.[Ca+2]. The van der Waals surface area contributed by atoms with Crippen LogP contribution in [0.1, 0.15) is 22.3 Å². The monoisotopic (exact) mass is 510 g/mol. The molecule has 4 aromatic rings. The molecule has 0 aliphatic carbocycles. The van der Waals surface area contributed by atoms with Gasteiger partial charge in [-0.3, -0.25) is 0 Å². The summed E-state index contributed by atoms with van der Waals surface area (Å²) >= 11 is 0. The second-order valence-corrected chi connectivity index (χ2v) is 10.4. The van der Waals surface area contributed by atoms with Gasteiger partial charge in [0.1, 0.15) is 20.2 Å². The first kappa shape index (κ1) is 27.7. The van der Waals surface area contributed by atoms with Crippen molar-refractivity contribution in [2.75, 3.05) is 0 Å². The Morgan fingerprint density at radius 3 is 1.15 bits per heavy atom. The smallest absolute Gasteiger partial charge is 0.744 e. The van der Waals surface area contributed by atoms with Gasteiger partial charge >= 0.3 is 37.7 Å². The number of rotatable bonds is 2. The van der Waals surface area contributed by atoms with Crippen LogP contribution in [0.2, 0.25) is 0 Å². The van der Waals surface area contributed by atoms with Crippen LogP contribution in [-0.4, -0.2) is 63.7 Å². The van der Waals surface area contributed by atoms with E-state index in [2.05, 4.69) is 0 Å². The molecule has 0 unspecified atom stereocenters. The molecule has 6 nitrogen and oxygen atoms in total. The fraction of sp³-hybridized carbons (Fsp3) is 0.167. The van der Waals surface area contributed by atoms with Gasteiger partial charge in [-0.1, -0.05) is 36.4 Å². The molecule has 0 aromatic heterocycles. The molecule has 0 N–H and O–H groups in total. The Morgan fingerprint density at radius 2 is 0.848 bits per heavy atom. The maximum absolute atomic E-state index is 11.1. The van der Waals surface area contributed by atoms with Crippen molar-refractivity contribution in [2.45, 2.75) is 37.5 Å². The van der Waals surface area contributed by atoms with Gasteiger partial charge in [0.15, 0.2) is 0 Å². The van der Waals surface area contributed by atoms with E-state index in [0.717, 1.165) is 33.0 Å². The fourth-order valence-corrected chi connectivity index (χ4v) is 4.86. The predicted octanol–water partition coefficient (Wildman–Crippen LogP) is 4.34. The van der Waals surface area contributed by atoms with E-state index in [1.807, 2.05) is 39.8 Å². The van der Waals surface area contributed by atoms with E-state index in [4.69, 9.17) is 0 Å². The Kier molecular flexibility index (Phi) is 8.73.